The molecule has 0 amide bonds. The highest BCUT2D eigenvalue weighted by molar-refractivity contribution is 5.49. The van der Waals surface area contributed by atoms with Crippen molar-refractivity contribution in [2.24, 2.45) is 5.84 Å². The maximum atomic E-state index is 5.52. The fraction of sp³-hybridized carbons (Fsp3) is 0.692. The number of nitrogens with zero attached hydrogens (tertiary/aromatic N) is 4. The number of nitrogens with two attached hydrogens (primary N) is 1. The van der Waals surface area contributed by atoms with Crippen molar-refractivity contribution in [3.63, 3.8) is 0 Å². The smallest absolute Gasteiger partial charge is 0.145 e. The third-order valence-corrected chi connectivity index (χ3v) is 3.86. The minimum absolute atomic E-state index is 0.543. The standard InChI is InChI=1S/C13H22N6/c1-18-5-2-6-19(8-7-18)12-9-11(17-14)15-13(16-12)10-3-4-10/h9-10H,2-8,14H2,1H3,(H,15,16,17). The van der Waals surface area contributed by atoms with E-state index in [0.717, 1.165) is 43.6 Å². The molecule has 0 spiro atoms. The summed E-state index contributed by atoms with van der Waals surface area (Å²) in [5, 5.41) is 0. The summed E-state index contributed by atoms with van der Waals surface area (Å²) in [7, 11) is 2.17. The molecule has 1 saturated heterocycles. The zero-order valence-electron chi connectivity index (χ0n) is 11.5. The Balaban J connectivity index is 1.83. The molecule has 2 fully saturated rings. The maximum absolute atomic E-state index is 5.52. The van der Waals surface area contributed by atoms with E-state index >= 15 is 0 Å². The van der Waals surface area contributed by atoms with Gasteiger partial charge in [-0.2, -0.15) is 0 Å². The first-order chi connectivity index (χ1) is 9.26. The van der Waals surface area contributed by atoms with Gasteiger partial charge in [-0.1, -0.05) is 0 Å². The molecule has 1 aliphatic carbocycles. The van der Waals surface area contributed by atoms with Gasteiger partial charge in [0.1, 0.15) is 17.5 Å². The van der Waals surface area contributed by atoms with Crippen molar-refractivity contribution in [2.75, 3.05) is 43.6 Å². The monoisotopic (exact) mass is 262 g/mol. The molecule has 6 heteroatoms. The normalized spacial score (nSPS) is 21.3. The number of hydrogen-bond acceptors (Lipinski definition) is 6. The van der Waals surface area contributed by atoms with E-state index in [0.29, 0.717) is 5.92 Å². The van der Waals surface area contributed by atoms with Crippen LogP contribution in [0.15, 0.2) is 6.07 Å². The Morgan fingerprint density at radius 3 is 2.79 bits per heavy atom. The molecule has 1 saturated carbocycles. The lowest BCUT2D eigenvalue weighted by Crippen LogP contribution is -2.30. The predicted octanol–water partition coefficient (Wildman–Crippen LogP) is 0.781. The number of nitrogen functional groups attached to an aromatic ring is 1. The molecule has 0 unspecified atom stereocenters. The van der Waals surface area contributed by atoms with Crippen LogP contribution in [-0.4, -0.2) is 48.1 Å². The average Bonchev–Trinajstić information content (AvgIpc) is 3.25. The zero-order chi connectivity index (χ0) is 13.2. The van der Waals surface area contributed by atoms with Crippen LogP contribution < -0.4 is 16.2 Å². The Morgan fingerprint density at radius 2 is 2.05 bits per heavy atom. The van der Waals surface area contributed by atoms with Gasteiger partial charge in [-0.3, -0.25) is 0 Å². The second-order valence-corrected chi connectivity index (χ2v) is 5.53. The summed E-state index contributed by atoms with van der Waals surface area (Å²) in [6.07, 6.45) is 3.58. The number of rotatable bonds is 3. The molecule has 1 aromatic rings. The Morgan fingerprint density at radius 1 is 1.21 bits per heavy atom. The summed E-state index contributed by atoms with van der Waals surface area (Å²) in [5.41, 5.74) is 2.67. The van der Waals surface area contributed by atoms with E-state index in [9.17, 15) is 0 Å². The van der Waals surface area contributed by atoms with Gasteiger partial charge < -0.3 is 15.2 Å². The van der Waals surface area contributed by atoms with Gasteiger partial charge in [0.05, 0.1) is 0 Å². The Hall–Kier alpha value is -1.40. The lowest BCUT2D eigenvalue weighted by atomic mass is 10.3. The quantitative estimate of drug-likeness (QED) is 0.620. The summed E-state index contributed by atoms with van der Waals surface area (Å²) in [6, 6.07) is 1.96. The highest BCUT2D eigenvalue weighted by Crippen LogP contribution is 2.39. The number of likely N-dealkylation sites (N-methyl/N-ethyl adjacent to an activating group) is 1. The van der Waals surface area contributed by atoms with Crippen LogP contribution in [0.5, 0.6) is 0 Å². The molecule has 1 aliphatic heterocycles. The predicted molar refractivity (Wildman–Crippen MR) is 76.1 cm³/mol. The summed E-state index contributed by atoms with van der Waals surface area (Å²) in [4.78, 5) is 13.9. The SMILES string of the molecule is CN1CCCN(c2cc(NN)nc(C3CC3)n2)CC1. The molecule has 0 atom stereocenters. The molecule has 3 N–H and O–H groups in total. The summed E-state index contributed by atoms with van der Waals surface area (Å²) >= 11 is 0. The lowest BCUT2D eigenvalue weighted by molar-refractivity contribution is 0.360. The van der Waals surface area contributed by atoms with Crippen LogP contribution in [0.4, 0.5) is 11.6 Å². The lowest BCUT2D eigenvalue weighted by Gasteiger charge is -2.22. The Bertz CT molecular complexity index is 445. The average molecular weight is 262 g/mol. The highest BCUT2D eigenvalue weighted by Gasteiger charge is 2.28. The maximum Gasteiger partial charge on any atom is 0.145 e. The van der Waals surface area contributed by atoms with Gasteiger partial charge in [-0.25, -0.2) is 15.8 Å². The first kappa shape index (κ1) is 12.6. The first-order valence-corrected chi connectivity index (χ1v) is 7.05. The van der Waals surface area contributed by atoms with Gasteiger partial charge in [0.25, 0.3) is 0 Å². The fourth-order valence-electron chi connectivity index (χ4n) is 2.49. The highest BCUT2D eigenvalue weighted by atomic mass is 15.3. The third kappa shape index (κ3) is 2.96. The molecule has 2 heterocycles. The van der Waals surface area contributed by atoms with Gasteiger partial charge in [0, 0.05) is 31.6 Å². The number of hydrazine groups is 1. The van der Waals surface area contributed by atoms with Crippen molar-refractivity contribution < 1.29 is 0 Å². The number of aromatic nitrogens is 2. The van der Waals surface area contributed by atoms with Crippen LogP contribution >= 0.6 is 0 Å². The van der Waals surface area contributed by atoms with Crippen LogP contribution in [0.2, 0.25) is 0 Å². The van der Waals surface area contributed by atoms with Crippen LogP contribution in [0.3, 0.4) is 0 Å². The first-order valence-electron chi connectivity index (χ1n) is 7.05. The summed E-state index contributed by atoms with van der Waals surface area (Å²) < 4.78 is 0. The topological polar surface area (TPSA) is 70.3 Å². The van der Waals surface area contributed by atoms with Crippen molar-refractivity contribution in [3.8, 4) is 0 Å². The Kier molecular flexibility index (Phi) is 3.52. The number of hydrogen-bond donors (Lipinski definition) is 2. The molecular formula is C13H22N6. The van der Waals surface area contributed by atoms with Crippen LogP contribution in [0.1, 0.15) is 31.0 Å². The zero-order valence-corrected chi connectivity index (χ0v) is 11.5. The van der Waals surface area contributed by atoms with Gasteiger partial charge in [-0.05, 0) is 32.9 Å². The van der Waals surface area contributed by atoms with Crippen LogP contribution in [0, 0.1) is 0 Å². The Labute approximate surface area is 114 Å². The van der Waals surface area contributed by atoms with Crippen molar-refractivity contribution >= 4 is 11.6 Å². The van der Waals surface area contributed by atoms with Gasteiger partial charge in [0.2, 0.25) is 0 Å². The third-order valence-electron chi connectivity index (χ3n) is 3.86. The molecule has 6 nitrogen and oxygen atoms in total. The van der Waals surface area contributed by atoms with E-state index in [-0.39, 0.29) is 0 Å². The van der Waals surface area contributed by atoms with E-state index in [2.05, 4.69) is 27.3 Å². The van der Waals surface area contributed by atoms with Crippen molar-refractivity contribution in [3.05, 3.63) is 11.9 Å². The number of nitrogens with one attached hydrogen (secondary N) is 1. The molecule has 0 radical (unpaired) electrons. The molecule has 19 heavy (non-hydrogen) atoms. The van der Waals surface area contributed by atoms with E-state index in [1.807, 2.05) is 6.07 Å². The van der Waals surface area contributed by atoms with Crippen molar-refractivity contribution in [1.82, 2.24) is 14.9 Å². The molecular weight excluding hydrogens is 240 g/mol. The number of anilines is 2. The van der Waals surface area contributed by atoms with Crippen molar-refractivity contribution in [2.45, 2.75) is 25.2 Å². The van der Waals surface area contributed by atoms with Gasteiger partial charge in [-0.15, -0.1) is 0 Å². The molecule has 1 aromatic heterocycles. The molecule has 2 aliphatic rings. The molecule has 0 bridgehead atoms. The molecule has 0 aromatic carbocycles. The van der Waals surface area contributed by atoms with Crippen LogP contribution in [0.25, 0.3) is 0 Å². The second-order valence-electron chi connectivity index (χ2n) is 5.53. The molecule has 104 valence electrons. The minimum Gasteiger partial charge on any atom is -0.355 e. The van der Waals surface area contributed by atoms with E-state index in [1.165, 1.54) is 19.3 Å². The van der Waals surface area contributed by atoms with Gasteiger partial charge in [0.15, 0.2) is 0 Å². The summed E-state index contributed by atoms with van der Waals surface area (Å²) in [6.45, 7) is 4.30. The molecule has 3 rings (SSSR count). The largest absolute Gasteiger partial charge is 0.355 e. The van der Waals surface area contributed by atoms with E-state index < -0.39 is 0 Å². The summed E-state index contributed by atoms with van der Waals surface area (Å²) in [5.74, 6) is 8.75. The van der Waals surface area contributed by atoms with Crippen LogP contribution in [-0.2, 0) is 0 Å². The fourth-order valence-corrected chi connectivity index (χ4v) is 2.49. The van der Waals surface area contributed by atoms with E-state index in [1.54, 1.807) is 0 Å². The minimum atomic E-state index is 0.543. The second kappa shape index (κ2) is 5.30. The van der Waals surface area contributed by atoms with E-state index in [4.69, 9.17) is 10.8 Å². The van der Waals surface area contributed by atoms with Gasteiger partial charge >= 0.3 is 0 Å². The van der Waals surface area contributed by atoms with Crippen molar-refractivity contribution in [1.29, 1.82) is 0 Å².